The smallest absolute Gasteiger partial charge is 0.399 e. The molecule has 8 nitrogen and oxygen atoms in total. The summed E-state index contributed by atoms with van der Waals surface area (Å²) < 4.78 is 12.5. The third kappa shape index (κ3) is 16.5. The van der Waals surface area contributed by atoms with E-state index in [1.807, 2.05) is 97.1 Å². The van der Waals surface area contributed by atoms with Crippen molar-refractivity contribution >= 4 is 24.2 Å². The first-order valence-electron chi connectivity index (χ1n) is 33.9. The van der Waals surface area contributed by atoms with Gasteiger partial charge in [0.2, 0.25) is 5.28 Å². The molecular weight excluding hydrogens is 1220 g/mol. The SMILES string of the molecule is CC(C)(C)c1cc(-c2cccc(-c3nc(-c4ccccc4)nc(-c4ccccc4-c4ccccc4)n3)c2)cc(C(C)(C)C)c1.CC(C)(C)c1cc(-c2cccc(B3OC(C)(C)C(C)(C)O3)c2)cc(C(C)(C)C)c1.Clc1nc(-c2ccccc2)nc(-c2ccccc2-c2ccccc2)n1. The van der Waals surface area contributed by atoms with Gasteiger partial charge in [-0.1, -0.05) is 332 Å². The minimum Gasteiger partial charge on any atom is -0.399 e. The minimum atomic E-state index is -0.340. The molecule has 0 amide bonds. The lowest BCUT2D eigenvalue weighted by molar-refractivity contribution is 0.00578. The van der Waals surface area contributed by atoms with Gasteiger partial charge in [-0.15, -0.1) is 0 Å². The van der Waals surface area contributed by atoms with Gasteiger partial charge in [-0.3, -0.25) is 0 Å². The second-order valence-electron chi connectivity index (χ2n) is 30.5. The molecule has 3 heterocycles. The molecule has 0 spiro atoms. The normalized spacial score (nSPS) is 13.6. The first-order chi connectivity index (χ1) is 46.5. The lowest BCUT2D eigenvalue weighted by atomic mass is 9.76. The first kappa shape index (κ1) is 69.8. The van der Waals surface area contributed by atoms with Crippen LogP contribution in [0.15, 0.2) is 255 Å². The van der Waals surface area contributed by atoms with Crippen molar-refractivity contribution in [1.82, 2.24) is 29.9 Å². The van der Waals surface area contributed by atoms with Crippen LogP contribution in [0.25, 0.3) is 101 Å². The lowest BCUT2D eigenvalue weighted by Gasteiger charge is -2.32. The summed E-state index contributed by atoms with van der Waals surface area (Å²) in [5.74, 6) is 3.10. The van der Waals surface area contributed by atoms with E-state index in [0.29, 0.717) is 29.1 Å². The van der Waals surface area contributed by atoms with Crippen LogP contribution in [0.5, 0.6) is 0 Å². The molecule has 0 radical (unpaired) electrons. The minimum absolute atomic E-state index is 0.0352. The van der Waals surface area contributed by atoms with Crippen molar-refractivity contribution in [3.63, 3.8) is 0 Å². The molecule has 1 aliphatic rings. The van der Waals surface area contributed by atoms with Crippen molar-refractivity contribution < 1.29 is 9.31 Å². The highest BCUT2D eigenvalue weighted by Gasteiger charge is 2.51. The Bertz CT molecular complexity index is 4660. The van der Waals surface area contributed by atoms with Crippen LogP contribution in [0.4, 0.5) is 0 Å². The van der Waals surface area contributed by atoms with Gasteiger partial charge in [-0.25, -0.2) is 19.9 Å². The number of rotatable bonds is 10. The summed E-state index contributed by atoms with van der Waals surface area (Å²) in [6.07, 6.45) is 0. The Morgan fingerprint density at radius 3 is 0.949 bits per heavy atom. The zero-order valence-corrected chi connectivity index (χ0v) is 60.5. The second-order valence-corrected chi connectivity index (χ2v) is 30.8. The second kappa shape index (κ2) is 28.5. The molecule has 0 N–H and O–H groups in total. The van der Waals surface area contributed by atoms with Crippen LogP contribution >= 0.6 is 11.6 Å². The molecule has 2 aromatic heterocycles. The Labute approximate surface area is 587 Å². The van der Waals surface area contributed by atoms with E-state index in [2.05, 4.69) is 283 Å². The molecule has 10 aromatic carbocycles. The molecule has 0 unspecified atom stereocenters. The number of hydrogen-bond acceptors (Lipinski definition) is 8. The molecule has 98 heavy (non-hydrogen) atoms. The van der Waals surface area contributed by atoms with E-state index >= 15 is 0 Å². The molecule has 0 aliphatic carbocycles. The predicted octanol–water partition coefficient (Wildman–Crippen LogP) is 22.6. The van der Waals surface area contributed by atoms with Gasteiger partial charge in [-0.05, 0) is 139 Å². The van der Waals surface area contributed by atoms with Gasteiger partial charge in [0.1, 0.15) is 0 Å². The zero-order valence-electron chi connectivity index (χ0n) is 59.7. The zero-order chi connectivity index (χ0) is 69.8. The summed E-state index contributed by atoms with van der Waals surface area (Å²) in [7, 11) is -0.340. The molecule has 0 saturated carbocycles. The summed E-state index contributed by atoms with van der Waals surface area (Å²) in [5, 5.41) is 0.187. The molecule has 1 saturated heterocycles. The summed E-state index contributed by atoms with van der Waals surface area (Å²) >= 11 is 6.19. The van der Waals surface area contributed by atoms with E-state index in [-0.39, 0.29) is 45.3 Å². The fraction of sp³-hybridized carbons (Fsp3) is 0.250. The van der Waals surface area contributed by atoms with Crippen LogP contribution in [0.1, 0.15) is 133 Å². The van der Waals surface area contributed by atoms with Crippen molar-refractivity contribution in [2.24, 2.45) is 0 Å². The third-order valence-corrected chi connectivity index (χ3v) is 18.5. The van der Waals surface area contributed by atoms with Crippen LogP contribution in [0.2, 0.25) is 5.28 Å². The monoisotopic (exact) mass is 1310 g/mol. The summed E-state index contributed by atoms with van der Waals surface area (Å²) in [6, 6.07) is 88.1. The summed E-state index contributed by atoms with van der Waals surface area (Å²) in [6.45, 7) is 35.7. The van der Waals surface area contributed by atoms with E-state index in [1.165, 1.54) is 38.9 Å². The van der Waals surface area contributed by atoms with Crippen molar-refractivity contribution in [2.45, 2.75) is 144 Å². The number of benzene rings is 10. The fourth-order valence-corrected chi connectivity index (χ4v) is 11.8. The standard InChI is InChI=1S/C41H39N3.C26H37BO2.C21H14ClN3/c1-40(2,3)33-25-32(26-34(27-33)41(4,5)6)30-20-15-21-31(24-30)38-42-37(29-18-11-8-12-19-29)43-39(44-38)36-23-14-13-22-35(36)28-16-9-7-10-17-28;1-23(2,3)20-14-19(15-21(17-20)24(4,5)6)18-12-11-13-22(16-18)27-28-25(7,8)26(9,10)29-27;22-21-24-19(16-11-5-2-6-12-16)23-20(25-21)18-14-8-7-13-17(18)15-9-3-1-4-10-15/h7-27H,1-6H3;11-17H,1-10H3;1-14H. The number of hydrogen-bond donors (Lipinski definition) is 0. The molecular formula is C88H90BClN6O2. The van der Waals surface area contributed by atoms with Gasteiger partial charge in [0, 0.05) is 27.8 Å². The van der Waals surface area contributed by atoms with Crippen LogP contribution in [-0.4, -0.2) is 48.2 Å². The predicted molar refractivity (Wildman–Crippen MR) is 411 cm³/mol. The molecule has 494 valence electrons. The molecule has 1 aliphatic heterocycles. The van der Waals surface area contributed by atoms with Crippen molar-refractivity contribution in [1.29, 1.82) is 0 Å². The maximum Gasteiger partial charge on any atom is 0.494 e. The van der Waals surface area contributed by atoms with E-state index in [1.54, 1.807) is 0 Å². The maximum atomic E-state index is 6.27. The quantitative estimate of drug-likeness (QED) is 0.125. The molecule has 13 rings (SSSR count). The first-order valence-corrected chi connectivity index (χ1v) is 34.3. The number of nitrogens with zero attached hydrogens (tertiary/aromatic N) is 6. The Morgan fingerprint density at radius 2 is 0.551 bits per heavy atom. The molecule has 1 fully saturated rings. The van der Waals surface area contributed by atoms with Gasteiger partial charge in [0.05, 0.1) is 11.2 Å². The third-order valence-electron chi connectivity index (χ3n) is 18.3. The molecule has 0 bridgehead atoms. The van der Waals surface area contributed by atoms with E-state index in [4.69, 9.17) is 35.9 Å². The van der Waals surface area contributed by atoms with Gasteiger partial charge < -0.3 is 9.31 Å². The van der Waals surface area contributed by atoms with Crippen LogP contribution in [-0.2, 0) is 31.0 Å². The average Bonchev–Trinajstić information content (AvgIpc) is 1.48. The van der Waals surface area contributed by atoms with Gasteiger partial charge in [0.15, 0.2) is 29.1 Å². The number of halogens is 1. The number of aromatic nitrogens is 6. The topological polar surface area (TPSA) is 95.8 Å². The fourth-order valence-electron chi connectivity index (χ4n) is 11.6. The van der Waals surface area contributed by atoms with Crippen molar-refractivity contribution in [2.75, 3.05) is 0 Å². The van der Waals surface area contributed by atoms with E-state index in [0.717, 1.165) is 61.1 Å². The largest absolute Gasteiger partial charge is 0.494 e. The lowest BCUT2D eigenvalue weighted by Crippen LogP contribution is -2.41. The highest BCUT2D eigenvalue weighted by Crippen LogP contribution is 2.41. The molecule has 12 aromatic rings. The van der Waals surface area contributed by atoms with Crippen LogP contribution in [0, 0.1) is 0 Å². The van der Waals surface area contributed by atoms with E-state index in [9.17, 15) is 0 Å². The maximum absolute atomic E-state index is 6.27. The van der Waals surface area contributed by atoms with Crippen LogP contribution < -0.4 is 5.46 Å². The molecule has 0 atom stereocenters. The highest BCUT2D eigenvalue weighted by molar-refractivity contribution is 6.62. The van der Waals surface area contributed by atoms with Gasteiger partial charge in [-0.2, -0.15) is 9.97 Å². The summed E-state index contributed by atoms with van der Waals surface area (Å²) in [5.41, 5.74) is 20.0. The van der Waals surface area contributed by atoms with E-state index < -0.39 is 0 Å². The van der Waals surface area contributed by atoms with Crippen molar-refractivity contribution in [3.05, 3.63) is 282 Å². The van der Waals surface area contributed by atoms with Crippen molar-refractivity contribution in [3.8, 4) is 101 Å². The Balaban J connectivity index is 0.000000157. The summed E-state index contributed by atoms with van der Waals surface area (Å²) in [4.78, 5) is 28.4. The Morgan fingerprint density at radius 1 is 0.265 bits per heavy atom. The Kier molecular flexibility index (Phi) is 20.3. The Hall–Kier alpha value is -9.51. The molecule has 10 heteroatoms. The van der Waals surface area contributed by atoms with Crippen LogP contribution in [0.3, 0.4) is 0 Å². The van der Waals surface area contributed by atoms with Gasteiger partial charge in [0.25, 0.3) is 0 Å². The average molecular weight is 1310 g/mol. The highest BCUT2D eigenvalue weighted by atomic mass is 35.5. The van der Waals surface area contributed by atoms with Gasteiger partial charge >= 0.3 is 7.12 Å².